The van der Waals surface area contributed by atoms with Gasteiger partial charge in [-0.2, -0.15) is 0 Å². The molecule has 0 saturated carbocycles. The van der Waals surface area contributed by atoms with Gasteiger partial charge in [0, 0.05) is 10.9 Å². The van der Waals surface area contributed by atoms with Gasteiger partial charge in [-0.1, -0.05) is 48.0 Å². The number of hydrogen-bond donors (Lipinski definition) is 0. The SMILES string of the molecule is CC(=O)c1c(-c2ccc(C)cc2)c2ccccc2oc1=O. The van der Waals surface area contributed by atoms with Crippen molar-refractivity contribution in [1.29, 1.82) is 0 Å². The van der Waals surface area contributed by atoms with Crippen LogP contribution in [0.15, 0.2) is 57.7 Å². The topological polar surface area (TPSA) is 47.3 Å². The fourth-order valence-electron chi connectivity index (χ4n) is 2.49. The minimum atomic E-state index is -0.586. The number of carbonyl (C=O) groups is 1. The molecular formula is C18H14O3. The molecule has 1 aromatic heterocycles. The molecule has 0 aliphatic rings. The van der Waals surface area contributed by atoms with Crippen LogP contribution in [0.5, 0.6) is 0 Å². The summed E-state index contributed by atoms with van der Waals surface area (Å²) in [6.07, 6.45) is 0. The average molecular weight is 278 g/mol. The third-order valence-corrected chi connectivity index (χ3v) is 3.51. The van der Waals surface area contributed by atoms with Crippen LogP contribution in [0, 0.1) is 6.92 Å². The highest BCUT2D eigenvalue weighted by Gasteiger charge is 2.19. The molecule has 0 atom stereocenters. The Morgan fingerprint density at radius 2 is 1.67 bits per heavy atom. The maximum Gasteiger partial charge on any atom is 0.347 e. The molecule has 3 nitrogen and oxygen atoms in total. The largest absolute Gasteiger partial charge is 0.422 e. The highest BCUT2D eigenvalue weighted by molar-refractivity contribution is 6.07. The van der Waals surface area contributed by atoms with Gasteiger partial charge in [0.15, 0.2) is 5.78 Å². The van der Waals surface area contributed by atoms with E-state index in [1.54, 1.807) is 12.1 Å². The number of carbonyl (C=O) groups excluding carboxylic acids is 1. The molecule has 0 fully saturated rings. The average Bonchev–Trinajstić information content (AvgIpc) is 2.46. The second kappa shape index (κ2) is 5.02. The van der Waals surface area contributed by atoms with Gasteiger partial charge in [0.25, 0.3) is 0 Å². The Morgan fingerprint density at radius 1 is 1.00 bits per heavy atom. The van der Waals surface area contributed by atoms with Gasteiger partial charge in [-0.05, 0) is 25.5 Å². The van der Waals surface area contributed by atoms with Gasteiger partial charge in [-0.15, -0.1) is 0 Å². The molecule has 3 heteroatoms. The van der Waals surface area contributed by atoms with Crippen LogP contribution in [0.1, 0.15) is 22.8 Å². The zero-order valence-electron chi connectivity index (χ0n) is 11.8. The Kier molecular flexibility index (Phi) is 3.18. The zero-order chi connectivity index (χ0) is 15.0. The number of benzene rings is 2. The highest BCUT2D eigenvalue weighted by Crippen LogP contribution is 2.30. The van der Waals surface area contributed by atoms with Crippen molar-refractivity contribution in [3.05, 3.63) is 70.1 Å². The smallest absolute Gasteiger partial charge is 0.347 e. The quantitative estimate of drug-likeness (QED) is 0.526. The molecule has 0 radical (unpaired) electrons. The van der Waals surface area contributed by atoms with Crippen molar-refractivity contribution in [3.63, 3.8) is 0 Å². The summed E-state index contributed by atoms with van der Waals surface area (Å²) in [5.74, 6) is -0.287. The zero-order valence-corrected chi connectivity index (χ0v) is 11.8. The first kappa shape index (κ1) is 13.3. The maximum absolute atomic E-state index is 12.1. The van der Waals surface area contributed by atoms with Crippen molar-refractivity contribution in [2.75, 3.05) is 0 Å². The number of para-hydroxylation sites is 1. The summed E-state index contributed by atoms with van der Waals surface area (Å²) in [6.45, 7) is 3.38. The van der Waals surface area contributed by atoms with E-state index in [1.165, 1.54) is 6.92 Å². The van der Waals surface area contributed by atoms with E-state index in [9.17, 15) is 9.59 Å². The minimum Gasteiger partial charge on any atom is -0.422 e. The lowest BCUT2D eigenvalue weighted by molar-refractivity contribution is 0.101. The van der Waals surface area contributed by atoms with Crippen molar-refractivity contribution >= 4 is 16.8 Å². The third kappa shape index (κ3) is 2.27. The van der Waals surface area contributed by atoms with E-state index in [2.05, 4.69) is 0 Å². The van der Waals surface area contributed by atoms with E-state index in [0.29, 0.717) is 11.1 Å². The molecule has 0 bridgehead atoms. The van der Waals surface area contributed by atoms with Gasteiger partial charge in [0.1, 0.15) is 11.1 Å². The molecule has 1 heterocycles. The molecule has 0 N–H and O–H groups in total. The Bertz CT molecular complexity index is 886. The molecule has 0 unspecified atom stereocenters. The summed E-state index contributed by atoms with van der Waals surface area (Å²) in [5.41, 5.74) is 2.62. The van der Waals surface area contributed by atoms with Crippen LogP contribution in [0.25, 0.3) is 22.1 Å². The van der Waals surface area contributed by atoms with E-state index in [4.69, 9.17) is 4.42 Å². The monoisotopic (exact) mass is 278 g/mol. The second-order valence-electron chi connectivity index (χ2n) is 5.06. The van der Waals surface area contributed by atoms with Crippen LogP contribution in [-0.4, -0.2) is 5.78 Å². The summed E-state index contributed by atoms with van der Waals surface area (Å²) in [7, 11) is 0. The van der Waals surface area contributed by atoms with Crippen LogP contribution in [0.2, 0.25) is 0 Å². The standard InChI is InChI=1S/C18H14O3/c1-11-7-9-13(10-8-11)17-14-5-3-4-6-15(14)21-18(20)16(17)12(2)19/h3-10H,1-2H3. The van der Waals surface area contributed by atoms with Crippen molar-refractivity contribution in [1.82, 2.24) is 0 Å². The van der Waals surface area contributed by atoms with Gasteiger partial charge in [0.2, 0.25) is 0 Å². The first-order valence-electron chi connectivity index (χ1n) is 6.72. The lowest BCUT2D eigenvalue weighted by Gasteiger charge is -2.10. The Morgan fingerprint density at radius 3 is 2.33 bits per heavy atom. The van der Waals surface area contributed by atoms with Crippen molar-refractivity contribution in [2.45, 2.75) is 13.8 Å². The molecule has 0 aliphatic heterocycles. The molecular weight excluding hydrogens is 264 g/mol. The lowest BCUT2D eigenvalue weighted by atomic mass is 9.95. The first-order chi connectivity index (χ1) is 10.1. The number of fused-ring (bicyclic) bond motifs is 1. The Balaban J connectivity index is 2.47. The van der Waals surface area contributed by atoms with Crippen molar-refractivity contribution in [3.8, 4) is 11.1 Å². The molecule has 0 spiro atoms. The normalized spacial score (nSPS) is 10.8. The van der Waals surface area contributed by atoms with E-state index in [0.717, 1.165) is 16.5 Å². The van der Waals surface area contributed by atoms with Gasteiger partial charge < -0.3 is 4.42 Å². The number of hydrogen-bond acceptors (Lipinski definition) is 3. The van der Waals surface area contributed by atoms with Crippen LogP contribution in [0.4, 0.5) is 0 Å². The number of Topliss-reactive ketones (excluding diaryl/α,β-unsaturated/α-hetero) is 1. The third-order valence-electron chi connectivity index (χ3n) is 3.51. The minimum absolute atomic E-state index is 0.109. The summed E-state index contributed by atoms with van der Waals surface area (Å²) < 4.78 is 5.26. The highest BCUT2D eigenvalue weighted by atomic mass is 16.4. The molecule has 0 amide bonds. The molecule has 0 saturated heterocycles. The summed E-state index contributed by atoms with van der Waals surface area (Å²) in [5, 5.41) is 0.770. The predicted molar refractivity (Wildman–Crippen MR) is 82.7 cm³/mol. The van der Waals surface area contributed by atoms with Gasteiger partial charge >= 0.3 is 5.63 Å². The summed E-state index contributed by atoms with van der Waals surface area (Å²) >= 11 is 0. The molecule has 3 rings (SSSR count). The number of ketones is 1. The Labute approximate surface area is 121 Å². The fraction of sp³-hybridized carbons (Fsp3) is 0.111. The number of rotatable bonds is 2. The van der Waals surface area contributed by atoms with Crippen LogP contribution < -0.4 is 5.63 Å². The van der Waals surface area contributed by atoms with Gasteiger partial charge in [0.05, 0.1) is 0 Å². The van der Waals surface area contributed by atoms with Crippen LogP contribution in [0.3, 0.4) is 0 Å². The molecule has 104 valence electrons. The van der Waals surface area contributed by atoms with Gasteiger partial charge in [-0.3, -0.25) is 4.79 Å². The van der Waals surface area contributed by atoms with E-state index in [1.807, 2.05) is 43.3 Å². The van der Waals surface area contributed by atoms with Crippen molar-refractivity contribution in [2.24, 2.45) is 0 Å². The maximum atomic E-state index is 12.1. The van der Waals surface area contributed by atoms with E-state index >= 15 is 0 Å². The summed E-state index contributed by atoms with van der Waals surface area (Å²) in [6, 6.07) is 15.0. The lowest BCUT2D eigenvalue weighted by Crippen LogP contribution is -2.14. The predicted octanol–water partition coefficient (Wildman–Crippen LogP) is 3.97. The van der Waals surface area contributed by atoms with Crippen LogP contribution in [-0.2, 0) is 0 Å². The molecule has 0 aliphatic carbocycles. The van der Waals surface area contributed by atoms with E-state index < -0.39 is 5.63 Å². The Hall–Kier alpha value is -2.68. The summed E-state index contributed by atoms with van der Waals surface area (Å²) in [4.78, 5) is 24.1. The molecule has 3 aromatic rings. The second-order valence-corrected chi connectivity index (χ2v) is 5.06. The van der Waals surface area contributed by atoms with E-state index in [-0.39, 0.29) is 11.3 Å². The molecule has 2 aromatic carbocycles. The fourth-order valence-corrected chi connectivity index (χ4v) is 2.49. The number of aryl methyl sites for hydroxylation is 1. The van der Waals surface area contributed by atoms with Crippen molar-refractivity contribution < 1.29 is 9.21 Å². The first-order valence-corrected chi connectivity index (χ1v) is 6.72. The molecule has 21 heavy (non-hydrogen) atoms. The van der Waals surface area contributed by atoms with Crippen LogP contribution >= 0.6 is 0 Å². The van der Waals surface area contributed by atoms with Gasteiger partial charge in [-0.25, -0.2) is 4.79 Å².